The molecule has 0 nitrogen and oxygen atoms in total. The molecule has 1 radical (unpaired) electrons. The van der Waals surface area contributed by atoms with Crippen molar-refractivity contribution in [3.63, 3.8) is 0 Å². The molecule has 0 unspecified atom stereocenters. The van der Waals surface area contributed by atoms with E-state index in [0.29, 0.717) is 0 Å². The zero-order chi connectivity index (χ0) is 10.9. The number of benzene rings is 1. The number of hydrogen-bond donors (Lipinski definition) is 0. The topological polar surface area (TPSA) is 0 Å². The van der Waals surface area contributed by atoms with Gasteiger partial charge in [-0.05, 0) is 30.5 Å². The molecule has 0 atom stereocenters. The SMILES string of the molecule is [CH2]CCCCCCCc1ccc(Br)cc1. The fraction of sp³-hybridized carbons (Fsp3) is 0.500. The van der Waals surface area contributed by atoms with Crippen LogP contribution in [0.3, 0.4) is 0 Å². The first-order chi connectivity index (χ1) is 7.33. The van der Waals surface area contributed by atoms with E-state index in [1.54, 1.807) is 0 Å². The second-order valence-corrected chi connectivity index (χ2v) is 4.91. The molecule has 0 aliphatic carbocycles. The first-order valence-electron chi connectivity index (χ1n) is 5.86. The van der Waals surface area contributed by atoms with Crippen molar-refractivity contribution in [1.29, 1.82) is 0 Å². The minimum Gasteiger partial charge on any atom is -0.0579 e. The number of aryl methyl sites for hydroxylation is 1. The van der Waals surface area contributed by atoms with Crippen LogP contribution in [0.25, 0.3) is 0 Å². The standard InChI is InChI=1S/C14H20Br/c1-2-3-4-5-6-7-8-13-9-11-14(15)12-10-13/h9-12H,1-8H2. The van der Waals surface area contributed by atoms with E-state index in [1.165, 1.54) is 48.6 Å². The molecule has 0 aliphatic rings. The van der Waals surface area contributed by atoms with Gasteiger partial charge in [-0.25, -0.2) is 0 Å². The highest BCUT2D eigenvalue weighted by Crippen LogP contribution is 2.13. The maximum absolute atomic E-state index is 3.85. The third-order valence-corrected chi connectivity index (χ3v) is 3.16. The van der Waals surface area contributed by atoms with Crippen molar-refractivity contribution in [2.24, 2.45) is 0 Å². The fourth-order valence-corrected chi connectivity index (χ4v) is 1.95. The lowest BCUT2D eigenvalue weighted by molar-refractivity contribution is 0.617. The Bertz CT molecular complexity index is 251. The van der Waals surface area contributed by atoms with Crippen molar-refractivity contribution in [2.75, 3.05) is 0 Å². The molecule has 0 N–H and O–H groups in total. The maximum atomic E-state index is 3.85. The summed E-state index contributed by atoms with van der Waals surface area (Å²) in [6.07, 6.45) is 8.99. The van der Waals surface area contributed by atoms with E-state index in [4.69, 9.17) is 0 Å². The molecule has 83 valence electrons. The summed E-state index contributed by atoms with van der Waals surface area (Å²) in [6.45, 7) is 3.85. The molecule has 1 heteroatoms. The molecule has 1 aromatic rings. The molecule has 0 saturated carbocycles. The van der Waals surface area contributed by atoms with Crippen molar-refractivity contribution in [1.82, 2.24) is 0 Å². The molecule has 0 heterocycles. The Labute approximate surface area is 102 Å². The fourth-order valence-electron chi connectivity index (χ4n) is 1.69. The molecule has 0 fully saturated rings. The van der Waals surface area contributed by atoms with Gasteiger partial charge in [0.1, 0.15) is 0 Å². The molecule has 0 aliphatic heterocycles. The zero-order valence-electron chi connectivity index (χ0n) is 9.34. The van der Waals surface area contributed by atoms with E-state index in [9.17, 15) is 0 Å². The van der Waals surface area contributed by atoms with E-state index in [0.717, 1.165) is 6.42 Å². The van der Waals surface area contributed by atoms with Crippen LogP contribution in [0.5, 0.6) is 0 Å². The van der Waals surface area contributed by atoms with Crippen LogP contribution in [-0.2, 0) is 6.42 Å². The molecule has 0 amide bonds. The average molecular weight is 268 g/mol. The molecule has 0 spiro atoms. The van der Waals surface area contributed by atoms with Gasteiger partial charge in [-0.15, -0.1) is 0 Å². The van der Waals surface area contributed by atoms with Crippen LogP contribution in [-0.4, -0.2) is 0 Å². The summed E-state index contributed by atoms with van der Waals surface area (Å²) >= 11 is 3.45. The number of rotatable bonds is 7. The lowest BCUT2D eigenvalue weighted by Crippen LogP contribution is -1.85. The largest absolute Gasteiger partial charge is 0.0579 e. The van der Waals surface area contributed by atoms with E-state index in [2.05, 4.69) is 47.1 Å². The highest BCUT2D eigenvalue weighted by atomic mass is 79.9. The third kappa shape index (κ3) is 5.99. The molecule has 0 aromatic heterocycles. The Morgan fingerprint density at radius 2 is 1.47 bits per heavy atom. The number of hydrogen-bond acceptors (Lipinski definition) is 0. The van der Waals surface area contributed by atoms with E-state index < -0.39 is 0 Å². The maximum Gasteiger partial charge on any atom is 0.0175 e. The highest BCUT2D eigenvalue weighted by molar-refractivity contribution is 9.10. The average Bonchev–Trinajstić information content (AvgIpc) is 2.26. The summed E-state index contributed by atoms with van der Waals surface area (Å²) in [5.41, 5.74) is 1.45. The molecular weight excluding hydrogens is 248 g/mol. The lowest BCUT2D eigenvalue weighted by atomic mass is 10.1. The van der Waals surface area contributed by atoms with Gasteiger partial charge in [-0.1, -0.05) is 67.1 Å². The highest BCUT2D eigenvalue weighted by Gasteiger charge is 1.94. The van der Waals surface area contributed by atoms with Crippen LogP contribution in [0.15, 0.2) is 28.7 Å². The minimum atomic E-state index is 1.09. The predicted octanol–water partition coefficient (Wildman–Crippen LogP) is 5.17. The van der Waals surface area contributed by atoms with E-state index >= 15 is 0 Å². The Morgan fingerprint density at radius 1 is 0.867 bits per heavy atom. The van der Waals surface area contributed by atoms with E-state index in [1.807, 2.05) is 0 Å². The van der Waals surface area contributed by atoms with Gasteiger partial charge >= 0.3 is 0 Å². The summed E-state index contributed by atoms with van der Waals surface area (Å²) in [5, 5.41) is 0. The third-order valence-electron chi connectivity index (χ3n) is 2.63. The van der Waals surface area contributed by atoms with Crippen LogP contribution < -0.4 is 0 Å². The summed E-state index contributed by atoms with van der Waals surface area (Å²) in [6, 6.07) is 8.66. The van der Waals surface area contributed by atoms with Gasteiger partial charge in [0.15, 0.2) is 0 Å². The van der Waals surface area contributed by atoms with Crippen LogP contribution in [0.4, 0.5) is 0 Å². The van der Waals surface area contributed by atoms with Gasteiger partial charge in [-0.2, -0.15) is 0 Å². The second-order valence-electron chi connectivity index (χ2n) is 4.00. The molecule has 15 heavy (non-hydrogen) atoms. The van der Waals surface area contributed by atoms with Gasteiger partial charge in [0.05, 0.1) is 0 Å². The minimum absolute atomic E-state index is 1.09. The van der Waals surface area contributed by atoms with Gasteiger partial charge in [0.2, 0.25) is 0 Å². The normalized spacial score (nSPS) is 10.5. The molecular formula is C14H20Br. The van der Waals surface area contributed by atoms with Crippen molar-refractivity contribution < 1.29 is 0 Å². The summed E-state index contributed by atoms with van der Waals surface area (Å²) < 4.78 is 1.17. The van der Waals surface area contributed by atoms with Crippen LogP contribution in [0.2, 0.25) is 0 Å². The van der Waals surface area contributed by atoms with Crippen molar-refractivity contribution >= 4 is 15.9 Å². The summed E-state index contributed by atoms with van der Waals surface area (Å²) in [7, 11) is 0. The number of unbranched alkanes of at least 4 members (excludes halogenated alkanes) is 5. The van der Waals surface area contributed by atoms with Crippen molar-refractivity contribution in [2.45, 2.75) is 44.9 Å². The summed E-state index contributed by atoms with van der Waals surface area (Å²) in [4.78, 5) is 0. The quantitative estimate of drug-likeness (QED) is 0.599. The molecule has 0 saturated heterocycles. The van der Waals surface area contributed by atoms with Crippen molar-refractivity contribution in [3.8, 4) is 0 Å². The Kier molecular flexibility index (Phi) is 6.74. The van der Waals surface area contributed by atoms with Crippen LogP contribution >= 0.6 is 15.9 Å². The van der Waals surface area contributed by atoms with Gasteiger partial charge in [0.25, 0.3) is 0 Å². The van der Waals surface area contributed by atoms with Crippen molar-refractivity contribution in [3.05, 3.63) is 41.2 Å². The number of halogens is 1. The van der Waals surface area contributed by atoms with E-state index in [-0.39, 0.29) is 0 Å². The molecule has 1 rings (SSSR count). The van der Waals surface area contributed by atoms with Gasteiger partial charge < -0.3 is 0 Å². The molecule has 1 aromatic carbocycles. The van der Waals surface area contributed by atoms with Gasteiger partial charge in [-0.3, -0.25) is 0 Å². The van der Waals surface area contributed by atoms with Crippen LogP contribution in [0, 0.1) is 6.92 Å². The van der Waals surface area contributed by atoms with Gasteiger partial charge in [0, 0.05) is 4.47 Å². The Hall–Kier alpha value is -0.300. The van der Waals surface area contributed by atoms with Crippen LogP contribution in [0.1, 0.15) is 44.1 Å². The monoisotopic (exact) mass is 267 g/mol. The lowest BCUT2D eigenvalue weighted by Gasteiger charge is -2.02. The molecule has 0 bridgehead atoms. The Morgan fingerprint density at radius 3 is 2.13 bits per heavy atom. The zero-order valence-corrected chi connectivity index (χ0v) is 10.9. The second kappa shape index (κ2) is 7.92. The first-order valence-corrected chi connectivity index (χ1v) is 6.66. The smallest absolute Gasteiger partial charge is 0.0175 e. The summed E-state index contributed by atoms with van der Waals surface area (Å²) in [5.74, 6) is 0. The Balaban J connectivity index is 2.07. The predicted molar refractivity (Wildman–Crippen MR) is 70.9 cm³/mol. The first kappa shape index (κ1) is 12.8.